The van der Waals surface area contributed by atoms with Crippen molar-refractivity contribution >= 4 is 23.2 Å². The van der Waals surface area contributed by atoms with Crippen LogP contribution in [0.25, 0.3) is 0 Å². The fraction of sp³-hybridized carbons (Fsp3) is 0.269. The highest BCUT2D eigenvalue weighted by Gasteiger charge is 2.31. The van der Waals surface area contributed by atoms with Gasteiger partial charge in [-0.1, -0.05) is 37.4 Å². The van der Waals surface area contributed by atoms with Crippen LogP contribution in [0.15, 0.2) is 67.5 Å². The Hall–Kier alpha value is -3.47. The van der Waals surface area contributed by atoms with Crippen molar-refractivity contribution in [2.45, 2.75) is 46.0 Å². The van der Waals surface area contributed by atoms with Gasteiger partial charge in [0, 0.05) is 29.5 Å². The molecule has 2 aromatic rings. The average molecular weight is 419 g/mol. The van der Waals surface area contributed by atoms with E-state index >= 15 is 0 Å². The predicted octanol–water partition coefficient (Wildman–Crippen LogP) is 5.00. The van der Waals surface area contributed by atoms with Gasteiger partial charge in [0.15, 0.2) is 5.78 Å². The molecule has 0 spiro atoms. The zero-order valence-electron chi connectivity index (χ0n) is 18.7. The van der Waals surface area contributed by atoms with Crippen molar-refractivity contribution in [3.63, 3.8) is 0 Å². The van der Waals surface area contributed by atoms with E-state index in [1.165, 1.54) is 6.08 Å². The number of Topliss-reactive ketones (excluding diaryl/α,β-unsaturated/α-hetero) is 1. The highest BCUT2D eigenvalue weighted by molar-refractivity contribution is 5.96. The average Bonchev–Trinajstić information content (AvgIpc) is 2.74. The summed E-state index contributed by atoms with van der Waals surface area (Å²) >= 11 is 0. The lowest BCUT2D eigenvalue weighted by Crippen LogP contribution is -2.30. The van der Waals surface area contributed by atoms with Gasteiger partial charge < -0.3 is 10.6 Å². The normalized spacial score (nSPS) is 10.8. The zero-order valence-corrected chi connectivity index (χ0v) is 18.7. The van der Waals surface area contributed by atoms with Crippen molar-refractivity contribution in [2.24, 2.45) is 0 Å². The quantitative estimate of drug-likeness (QED) is 0.533. The second-order valence-corrected chi connectivity index (χ2v) is 8.12. The molecule has 162 valence electrons. The number of nitrogens with one attached hydrogen (secondary N) is 2. The Morgan fingerprint density at radius 2 is 1.65 bits per heavy atom. The van der Waals surface area contributed by atoms with Crippen LogP contribution in [0.2, 0.25) is 0 Å². The molecule has 31 heavy (non-hydrogen) atoms. The number of hydrogen-bond donors (Lipinski definition) is 2. The molecule has 5 nitrogen and oxygen atoms in total. The van der Waals surface area contributed by atoms with E-state index in [1.807, 2.05) is 45.9 Å². The Morgan fingerprint density at radius 3 is 2.26 bits per heavy atom. The zero-order chi connectivity index (χ0) is 23.2. The van der Waals surface area contributed by atoms with Gasteiger partial charge >= 0.3 is 0 Å². The second kappa shape index (κ2) is 10.0. The molecule has 0 heterocycles. The van der Waals surface area contributed by atoms with Gasteiger partial charge in [0.05, 0.1) is 0 Å². The number of aryl methyl sites for hydroxylation is 2. The fourth-order valence-corrected chi connectivity index (χ4v) is 3.42. The van der Waals surface area contributed by atoms with Crippen molar-refractivity contribution in [1.29, 1.82) is 0 Å². The number of carbonyl (C=O) groups excluding carboxylic acids is 3. The topological polar surface area (TPSA) is 75.3 Å². The van der Waals surface area contributed by atoms with Crippen LogP contribution in [0.4, 0.5) is 5.69 Å². The van der Waals surface area contributed by atoms with Crippen LogP contribution in [0.1, 0.15) is 53.7 Å². The molecule has 0 aliphatic rings. The molecule has 2 aromatic carbocycles. The van der Waals surface area contributed by atoms with Gasteiger partial charge in [0.25, 0.3) is 5.91 Å². The van der Waals surface area contributed by atoms with E-state index in [4.69, 9.17) is 0 Å². The van der Waals surface area contributed by atoms with Crippen LogP contribution in [-0.4, -0.2) is 17.5 Å². The maximum absolute atomic E-state index is 12.8. The summed E-state index contributed by atoms with van der Waals surface area (Å²) in [5.74, 6) is -0.00891. The van der Waals surface area contributed by atoms with Crippen molar-refractivity contribution < 1.29 is 14.4 Å². The number of ketones is 2. The highest BCUT2D eigenvalue weighted by atomic mass is 16.2. The minimum Gasteiger partial charge on any atom is -0.342 e. The lowest BCUT2D eigenvalue weighted by atomic mass is 9.76. The van der Waals surface area contributed by atoms with Crippen LogP contribution in [0, 0.1) is 13.8 Å². The third kappa shape index (κ3) is 6.01. The first-order valence-corrected chi connectivity index (χ1v) is 10.2. The summed E-state index contributed by atoms with van der Waals surface area (Å²) in [5, 5.41) is 5.89. The molecule has 0 aliphatic carbocycles. The van der Waals surface area contributed by atoms with E-state index in [-0.39, 0.29) is 30.3 Å². The molecule has 5 heteroatoms. The van der Waals surface area contributed by atoms with Crippen molar-refractivity contribution in [1.82, 2.24) is 5.32 Å². The number of anilines is 1. The van der Waals surface area contributed by atoms with E-state index in [0.717, 1.165) is 22.4 Å². The van der Waals surface area contributed by atoms with E-state index in [1.54, 1.807) is 24.3 Å². The van der Waals surface area contributed by atoms with Gasteiger partial charge in [0.2, 0.25) is 0 Å². The Balaban J connectivity index is 2.14. The third-order valence-electron chi connectivity index (χ3n) is 5.35. The Bertz CT molecular complexity index is 1020. The maximum Gasteiger partial charge on any atom is 0.256 e. The fourth-order valence-electron chi connectivity index (χ4n) is 3.42. The predicted molar refractivity (Wildman–Crippen MR) is 125 cm³/mol. The van der Waals surface area contributed by atoms with E-state index in [2.05, 4.69) is 23.8 Å². The first kappa shape index (κ1) is 23.8. The smallest absolute Gasteiger partial charge is 0.256 e. The van der Waals surface area contributed by atoms with E-state index in [9.17, 15) is 14.4 Å². The lowest BCUT2D eigenvalue weighted by Gasteiger charge is -2.27. The highest BCUT2D eigenvalue weighted by Crippen LogP contribution is 2.32. The summed E-state index contributed by atoms with van der Waals surface area (Å²) in [6, 6.07) is 12.8. The van der Waals surface area contributed by atoms with E-state index in [0.29, 0.717) is 11.4 Å². The summed E-state index contributed by atoms with van der Waals surface area (Å²) in [6.45, 7) is 15.0. The SMILES string of the molecule is C=CC(=O)CCC(=O)C(C)(C)c1cc(C)c(NC(=C)NC(=O)c2ccccc2)cc1C. The minimum atomic E-state index is -0.729. The second-order valence-electron chi connectivity index (χ2n) is 8.12. The molecule has 0 unspecified atom stereocenters. The van der Waals surface area contributed by atoms with Gasteiger partial charge in [0.1, 0.15) is 11.6 Å². The maximum atomic E-state index is 12.8. The largest absolute Gasteiger partial charge is 0.342 e. The van der Waals surface area contributed by atoms with Gasteiger partial charge in [-0.3, -0.25) is 14.4 Å². The molecule has 0 saturated carbocycles. The summed E-state index contributed by atoms with van der Waals surface area (Å²) in [4.78, 5) is 36.6. The molecule has 2 rings (SSSR count). The molecular weight excluding hydrogens is 388 g/mol. The van der Waals surface area contributed by atoms with Crippen LogP contribution in [0.3, 0.4) is 0 Å². The number of carbonyl (C=O) groups is 3. The van der Waals surface area contributed by atoms with Gasteiger partial charge in [-0.15, -0.1) is 0 Å². The van der Waals surface area contributed by atoms with E-state index < -0.39 is 5.41 Å². The number of allylic oxidation sites excluding steroid dienone is 1. The number of rotatable bonds is 10. The minimum absolute atomic E-state index is 0.00504. The number of amides is 1. The van der Waals surface area contributed by atoms with Gasteiger partial charge in [-0.25, -0.2) is 0 Å². The van der Waals surface area contributed by atoms with Crippen molar-refractivity contribution in [3.05, 3.63) is 89.8 Å². The first-order valence-electron chi connectivity index (χ1n) is 10.2. The molecule has 2 N–H and O–H groups in total. The van der Waals surface area contributed by atoms with Crippen LogP contribution < -0.4 is 10.6 Å². The first-order chi connectivity index (χ1) is 14.6. The Labute approximate surface area is 184 Å². The molecule has 1 amide bonds. The molecular formula is C26H30N2O3. The Morgan fingerprint density at radius 1 is 1.00 bits per heavy atom. The summed E-state index contributed by atoms with van der Waals surface area (Å²) in [5.41, 5.74) is 3.37. The molecule has 0 aliphatic heterocycles. The van der Waals surface area contributed by atoms with Crippen molar-refractivity contribution in [2.75, 3.05) is 5.32 Å². The number of benzene rings is 2. The summed E-state index contributed by atoms with van der Waals surface area (Å²) in [7, 11) is 0. The van der Waals surface area contributed by atoms with Crippen LogP contribution >= 0.6 is 0 Å². The molecule has 0 radical (unpaired) electrons. The molecule has 0 atom stereocenters. The summed E-state index contributed by atoms with van der Waals surface area (Å²) < 4.78 is 0. The van der Waals surface area contributed by atoms with Crippen molar-refractivity contribution in [3.8, 4) is 0 Å². The lowest BCUT2D eigenvalue weighted by molar-refractivity contribution is -0.125. The number of hydrogen-bond acceptors (Lipinski definition) is 4. The standard InChI is InChI=1S/C26H30N2O3/c1-7-21(29)13-14-24(30)26(5,6)22-15-18(3)23(16-17(22)2)27-19(4)28-25(31)20-11-9-8-10-12-20/h7-12,15-16,27H,1,4,13-14H2,2-3,5-6H3,(H,28,31). The monoisotopic (exact) mass is 418 g/mol. The molecule has 0 bridgehead atoms. The van der Waals surface area contributed by atoms with Gasteiger partial charge in [-0.05, 0) is 68.7 Å². The Kier molecular flexibility index (Phi) is 7.70. The van der Waals surface area contributed by atoms with Gasteiger partial charge in [-0.2, -0.15) is 0 Å². The van der Waals surface area contributed by atoms with Crippen LogP contribution in [-0.2, 0) is 15.0 Å². The third-order valence-corrected chi connectivity index (χ3v) is 5.35. The molecule has 0 fully saturated rings. The van der Waals surface area contributed by atoms with Crippen LogP contribution in [0.5, 0.6) is 0 Å². The molecule has 0 aromatic heterocycles. The summed E-state index contributed by atoms with van der Waals surface area (Å²) in [6.07, 6.45) is 1.60. The molecule has 0 saturated heterocycles.